The molecular weight excluding hydrogens is 282 g/mol. The Bertz CT molecular complexity index is 573. The molecule has 1 aromatic rings. The van der Waals surface area contributed by atoms with E-state index >= 15 is 0 Å². The van der Waals surface area contributed by atoms with Crippen LogP contribution in [0.5, 0.6) is 0 Å². The summed E-state index contributed by atoms with van der Waals surface area (Å²) in [6.07, 6.45) is 1.23. The summed E-state index contributed by atoms with van der Waals surface area (Å²) in [5.41, 5.74) is -0.351. The first-order chi connectivity index (χ1) is 10.5. The number of amides is 4. The Labute approximate surface area is 129 Å². The highest BCUT2D eigenvalue weighted by Gasteiger charge is 2.51. The van der Waals surface area contributed by atoms with Crippen molar-refractivity contribution in [3.05, 3.63) is 35.9 Å². The third-order valence-corrected chi connectivity index (χ3v) is 3.85. The van der Waals surface area contributed by atoms with Crippen LogP contribution >= 0.6 is 0 Å². The van der Waals surface area contributed by atoms with Crippen molar-refractivity contribution < 1.29 is 14.4 Å². The third-order valence-electron chi connectivity index (χ3n) is 3.85. The summed E-state index contributed by atoms with van der Waals surface area (Å²) in [5, 5.41) is 5.42. The predicted molar refractivity (Wildman–Crippen MR) is 82.0 cm³/mol. The van der Waals surface area contributed by atoms with Crippen LogP contribution in [0.25, 0.3) is 0 Å². The zero-order valence-corrected chi connectivity index (χ0v) is 12.9. The van der Waals surface area contributed by atoms with Crippen molar-refractivity contribution in [1.29, 1.82) is 0 Å². The fourth-order valence-corrected chi connectivity index (χ4v) is 2.60. The van der Waals surface area contributed by atoms with E-state index < -0.39 is 11.6 Å². The first-order valence-electron chi connectivity index (χ1n) is 7.51. The summed E-state index contributed by atoms with van der Waals surface area (Å²) in [4.78, 5) is 37.7. The Morgan fingerprint density at radius 3 is 2.50 bits per heavy atom. The SMILES string of the molecule is CCCNC(=O)CN1C(=O)NC(CC)(c2ccccc2)C1=O. The van der Waals surface area contributed by atoms with Gasteiger partial charge in [0.1, 0.15) is 12.1 Å². The van der Waals surface area contributed by atoms with E-state index in [2.05, 4.69) is 10.6 Å². The molecule has 1 aliphatic heterocycles. The summed E-state index contributed by atoms with van der Waals surface area (Å²) in [7, 11) is 0. The smallest absolute Gasteiger partial charge is 0.325 e. The van der Waals surface area contributed by atoms with E-state index in [4.69, 9.17) is 0 Å². The maximum atomic E-state index is 12.7. The van der Waals surface area contributed by atoms with Crippen molar-refractivity contribution in [3.8, 4) is 0 Å². The van der Waals surface area contributed by atoms with E-state index in [-0.39, 0.29) is 18.4 Å². The van der Waals surface area contributed by atoms with Gasteiger partial charge in [0.05, 0.1) is 0 Å². The van der Waals surface area contributed by atoms with Gasteiger partial charge in [-0.1, -0.05) is 44.2 Å². The van der Waals surface area contributed by atoms with E-state index in [1.807, 2.05) is 44.2 Å². The predicted octanol–water partition coefficient (Wildman–Crippen LogP) is 1.37. The van der Waals surface area contributed by atoms with Gasteiger partial charge in [0.25, 0.3) is 5.91 Å². The lowest BCUT2D eigenvalue weighted by atomic mass is 9.87. The van der Waals surface area contributed by atoms with Crippen LogP contribution in [0.15, 0.2) is 30.3 Å². The lowest BCUT2D eigenvalue weighted by Gasteiger charge is -2.25. The van der Waals surface area contributed by atoms with Crippen LogP contribution in [0.2, 0.25) is 0 Å². The first-order valence-corrected chi connectivity index (χ1v) is 7.51. The Balaban J connectivity index is 2.22. The second kappa shape index (κ2) is 6.60. The Morgan fingerprint density at radius 2 is 1.91 bits per heavy atom. The van der Waals surface area contributed by atoms with Crippen molar-refractivity contribution >= 4 is 17.8 Å². The number of hydrogen-bond donors (Lipinski definition) is 2. The van der Waals surface area contributed by atoms with Crippen LogP contribution in [-0.4, -0.2) is 35.8 Å². The van der Waals surface area contributed by atoms with Crippen molar-refractivity contribution in [2.45, 2.75) is 32.2 Å². The lowest BCUT2D eigenvalue weighted by Crippen LogP contribution is -2.44. The van der Waals surface area contributed by atoms with Crippen molar-refractivity contribution in [1.82, 2.24) is 15.5 Å². The lowest BCUT2D eigenvalue weighted by molar-refractivity contribution is -0.135. The highest BCUT2D eigenvalue weighted by molar-refractivity contribution is 6.09. The number of hydrogen-bond acceptors (Lipinski definition) is 3. The molecule has 1 aliphatic rings. The van der Waals surface area contributed by atoms with E-state index in [0.29, 0.717) is 13.0 Å². The number of carbonyl (C=O) groups excluding carboxylic acids is 3. The van der Waals surface area contributed by atoms with Gasteiger partial charge in [-0.15, -0.1) is 0 Å². The minimum absolute atomic E-state index is 0.251. The highest BCUT2D eigenvalue weighted by Crippen LogP contribution is 2.32. The molecule has 0 aliphatic carbocycles. The van der Waals surface area contributed by atoms with Gasteiger partial charge in [-0.3, -0.25) is 14.5 Å². The first kappa shape index (κ1) is 16.0. The van der Waals surface area contributed by atoms with Gasteiger partial charge >= 0.3 is 6.03 Å². The Hall–Kier alpha value is -2.37. The van der Waals surface area contributed by atoms with E-state index in [0.717, 1.165) is 16.9 Å². The fourth-order valence-electron chi connectivity index (χ4n) is 2.60. The molecule has 1 fully saturated rings. The van der Waals surface area contributed by atoms with Crippen LogP contribution in [0, 0.1) is 0 Å². The summed E-state index contributed by atoms with van der Waals surface area (Å²) in [6.45, 7) is 4.05. The minimum atomic E-state index is -1.08. The van der Waals surface area contributed by atoms with E-state index in [1.54, 1.807) is 0 Å². The zero-order chi connectivity index (χ0) is 16.2. The van der Waals surface area contributed by atoms with Crippen molar-refractivity contribution in [2.75, 3.05) is 13.1 Å². The summed E-state index contributed by atoms with van der Waals surface area (Å²) in [6, 6.07) is 8.59. The number of imide groups is 1. The van der Waals surface area contributed by atoms with Crippen LogP contribution in [-0.2, 0) is 15.1 Å². The van der Waals surface area contributed by atoms with Gasteiger partial charge in [0.15, 0.2) is 0 Å². The zero-order valence-electron chi connectivity index (χ0n) is 12.9. The number of carbonyl (C=O) groups is 3. The largest absolute Gasteiger partial charge is 0.355 e. The van der Waals surface area contributed by atoms with E-state index in [9.17, 15) is 14.4 Å². The van der Waals surface area contributed by atoms with Gasteiger partial charge in [0.2, 0.25) is 5.91 Å². The van der Waals surface area contributed by atoms with Gasteiger partial charge < -0.3 is 10.6 Å². The second-order valence-electron chi connectivity index (χ2n) is 5.30. The van der Waals surface area contributed by atoms with Crippen LogP contribution in [0.3, 0.4) is 0 Å². The molecule has 0 saturated carbocycles. The Kier molecular flexibility index (Phi) is 4.80. The molecule has 6 nitrogen and oxygen atoms in total. The number of nitrogens with zero attached hydrogens (tertiary/aromatic N) is 1. The number of nitrogens with one attached hydrogen (secondary N) is 2. The molecule has 22 heavy (non-hydrogen) atoms. The molecule has 0 aromatic heterocycles. The number of benzene rings is 1. The van der Waals surface area contributed by atoms with Crippen molar-refractivity contribution in [3.63, 3.8) is 0 Å². The minimum Gasteiger partial charge on any atom is -0.355 e. The maximum Gasteiger partial charge on any atom is 0.325 e. The molecule has 4 amide bonds. The molecule has 1 heterocycles. The fraction of sp³-hybridized carbons (Fsp3) is 0.438. The molecule has 0 bridgehead atoms. The van der Waals surface area contributed by atoms with Crippen molar-refractivity contribution in [2.24, 2.45) is 0 Å². The molecule has 2 rings (SSSR count). The highest BCUT2D eigenvalue weighted by atomic mass is 16.2. The molecule has 2 N–H and O–H groups in total. The summed E-state index contributed by atoms with van der Waals surface area (Å²) < 4.78 is 0. The maximum absolute atomic E-state index is 12.7. The van der Waals surface area contributed by atoms with Gasteiger partial charge in [-0.2, -0.15) is 0 Å². The molecular formula is C16H21N3O3. The van der Waals surface area contributed by atoms with Crippen LogP contribution in [0.4, 0.5) is 4.79 Å². The topological polar surface area (TPSA) is 78.5 Å². The van der Waals surface area contributed by atoms with Gasteiger partial charge in [-0.25, -0.2) is 4.79 Å². The molecule has 1 unspecified atom stereocenters. The van der Waals surface area contributed by atoms with Gasteiger partial charge in [-0.05, 0) is 18.4 Å². The molecule has 1 aromatic carbocycles. The molecule has 0 spiro atoms. The third kappa shape index (κ3) is 2.81. The summed E-state index contributed by atoms with van der Waals surface area (Å²) in [5.74, 6) is -0.705. The van der Waals surface area contributed by atoms with Crippen LogP contribution < -0.4 is 10.6 Å². The van der Waals surface area contributed by atoms with Gasteiger partial charge in [0, 0.05) is 6.54 Å². The monoisotopic (exact) mass is 303 g/mol. The molecule has 6 heteroatoms. The normalized spacial score (nSPS) is 20.9. The Morgan fingerprint density at radius 1 is 1.23 bits per heavy atom. The van der Waals surface area contributed by atoms with Crippen LogP contribution in [0.1, 0.15) is 32.3 Å². The van der Waals surface area contributed by atoms with E-state index in [1.165, 1.54) is 0 Å². The molecule has 1 atom stereocenters. The molecule has 1 saturated heterocycles. The molecule has 0 radical (unpaired) electrons. The number of rotatable bonds is 6. The average molecular weight is 303 g/mol. The average Bonchev–Trinajstić information content (AvgIpc) is 2.79. The summed E-state index contributed by atoms with van der Waals surface area (Å²) >= 11 is 0. The quantitative estimate of drug-likeness (QED) is 0.779. The second-order valence-corrected chi connectivity index (χ2v) is 5.30. The number of urea groups is 1. The molecule has 118 valence electrons. The standard InChI is InChI=1S/C16H21N3O3/c1-3-10-17-13(20)11-19-14(21)16(4-2,18-15(19)22)12-8-6-5-7-9-12/h5-9H,3-4,10-11H2,1-2H3,(H,17,20)(H,18,22).